The van der Waals surface area contributed by atoms with Gasteiger partial charge in [-0.1, -0.05) is 38.4 Å². The lowest BCUT2D eigenvalue weighted by atomic mass is 9.90. The summed E-state index contributed by atoms with van der Waals surface area (Å²) in [7, 11) is 0. The summed E-state index contributed by atoms with van der Waals surface area (Å²) in [6.07, 6.45) is -0.0858. The Kier molecular flexibility index (Phi) is 3.07. The highest BCUT2D eigenvalue weighted by molar-refractivity contribution is 6.29. The van der Waals surface area contributed by atoms with Gasteiger partial charge < -0.3 is 5.11 Å². The molecule has 96 valence electrons. The molecule has 0 spiro atoms. The van der Waals surface area contributed by atoms with Crippen LogP contribution in [0.5, 0.6) is 0 Å². The van der Waals surface area contributed by atoms with E-state index in [1.54, 1.807) is 10.5 Å². The van der Waals surface area contributed by atoms with E-state index >= 15 is 0 Å². The van der Waals surface area contributed by atoms with Crippen LogP contribution in [0.1, 0.15) is 32.2 Å². The molecule has 0 bridgehead atoms. The van der Waals surface area contributed by atoms with Gasteiger partial charge in [0.05, 0.1) is 17.8 Å². The number of fused-ring (bicyclic) bond motifs is 1. The molecular formula is C13H15ClN2O2. The molecule has 0 aliphatic carbocycles. The largest absolute Gasteiger partial charge is 0.481 e. The van der Waals surface area contributed by atoms with Gasteiger partial charge in [0.25, 0.3) is 0 Å². The van der Waals surface area contributed by atoms with Crippen LogP contribution in [-0.2, 0) is 16.6 Å². The zero-order valence-corrected chi connectivity index (χ0v) is 11.3. The normalized spacial score (nSPS) is 12.0. The van der Waals surface area contributed by atoms with Gasteiger partial charge in [-0.25, -0.2) is 4.98 Å². The zero-order chi connectivity index (χ0) is 13.5. The molecular weight excluding hydrogens is 252 g/mol. The van der Waals surface area contributed by atoms with Crippen LogP contribution in [-0.4, -0.2) is 20.5 Å². The molecule has 0 atom stereocenters. The second-order valence-corrected chi connectivity index (χ2v) is 5.66. The molecule has 0 aliphatic heterocycles. The van der Waals surface area contributed by atoms with Gasteiger partial charge in [-0.2, -0.15) is 0 Å². The molecule has 2 aromatic rings. The minimum absolute atomic E-state index is 0.0858. The predicted molar refractivity (Wildman–Crippen MR) is 70.2 cm³/mol. The Labute approximate surface area is 110 Å². The molecule has 2 heterocycles. The maximum absolute atomic E-state index is 11.0. The van der Waals surface area contributed by atoms with Crippen molar-refractivity contribution in [3.8, 4) is 0 Å². The summed E-state index contributed by atoms with van der Waals surface area (Å²) in [5, 5.41) is 9.52. The van der Waals surface area contributed by atoms with Crippen LogP contribution in [0.4, 0.5) is 0 Å². The fourth-order valence-corrected chi connectivity index (χ4v) is 2.28. The quantitative estimate of drug-likeness (QED) is 0.851. The Morgan fingerprint density at radius 2 is 2.11 bits per heavy atom. The molecule has 2 rings (SSSR count). The first kappa shape index (κ1) is 12.9. The Balaban J connectivity index is 2.78. The minimum Gasteiger partial charge on any atom is -0.481 e. The van der Waals surface area contributed by atoms with E-state index in [2.05, 4.69) is 4.98 Å². The zero-order valence-electron chi connectivity index (χ0n) is 10.6. The van der Waals surface area contributed by atoms with Gasteiger partial charge in [-0.3, -0.25) is 9.20 Å². The van der Waals surface area contributed by atoms with Gasteiger partial charge in [0.15, 0.2) is 0 Å². The molecule has 18 heavy (non-hydrogen) atoms. The Bertz CT molecular complexity index is 611. The summed E-state index contributed by atoms with van der Waals surface area (Å²) >= 11 is 6.14. The summed E-state index contributed by atoms with van der Waals surface area (Å²) in [6.45, 7) is 6.02. The second-order valence-electron chi connectivity index (χ2n) is 5.27. The molecule has 2 aromatic heterocycles. The molecule has 0 amide bonds. The van der Waals surface area contributed by atoms with Gasteiger partial charge >= 0.3 is 5.97 Å². The van der Waals surface area contributed by atoms with E-state index in [1.807, 2.05) is 32.9 Å². The lowest BCUT2D eigenvalue weighted by Gasteiger charge is -2.17. The van der Waals surface area contributed by atoms with Crippen LogP contribution >= 0.6 is 11.6 Å². The van der Waals surface area contributed by atoms with Gasteiger partial charge in [-0.05, 0) is 12.1 Å². The van der Waals surface area contributed by atoms with E-state index in [4.69, 9.17) is 16.7 Å². The van der Waals surface area contributed by atoms with Crippen LogP contribution in [0.25, 0.3) is 5.65 Å². The number of halogens is 1. The van der Waals surface area contributed by atoms with Crippen LogP contribution in [0, 0.1) is 0 Å². The number of pyridine rings is 1. The Hall–Kier alpha value is -1.55. The lowest BCUT2D eigenvalue weighted by molar-refractivity contribution is -0.136. The van der Waals surface area contributed by atoms with E-state index < -0.39 is 5.97 Å². The van der Waals surface area contributed by atoms with Crippen molar-refractivity contribution in [1.82, 2.24) is 9.38 Å². The van der Waals surface area contributed by atoms with Gasteiger partial charge in [0, 0.05) is 5.41 Å². The van der Waals surface area contributed by atoms with Gasteiger partial charge in [0.2, 0.25) is 0 Å². The number of rotatable bonds is 2. The third-order valence-electron chi connectivity index (χ3n) is 2.72. The van der Waals surface area contributed by atoms with Gasteiger partial charge in [-0.15, -0.1) is 0 Å². The number of carbonyl (C=O) groups is 1. The third kappa shape index (κ3) is 2.20. The number of nitrogens with zero attached hydrogens (tertiary/aromatic N) is 2. The van der Waals surface area contributed by atoms with Crippen LogP contribution in [0.3, 0.4) is 0 Å². The second kappa shape index (κ2) is 4.28. The van der Waals surface area contributed by atoms with Crippen molar-refractivity contribution in [2.24, 2.45) is 0 Å². The first-order chi connectivity index (χ1) is 8.30. The van der Waals surface area contributed by atoms with Crippen LogP contribution in [0.2, 0.25) is 5.15 Å². The van der Waals surface area contributed by atoms with Crippen molar-refractivity contribution in [1.29, 1.82) is 0 Å². The number of carboxylic acids is 1. The molecule has 0 saturated heterocycles. The molecule has 5 heteroatoms. The van der Waals surface area contributed by atoms with Crippen molar-refractivity contribution in [2.75, 3.05) is 0 Å². The number of aromatic nitrogens is 2. The number of hydrogen-bond acceptors (Lipinski definition) is 2. The number of imidazole rings is 1. The SMILES string of the molecule is CC(C)(C)c1nc2cccc(Cl)n2c1CC(=O)O. The van der Waals surface area contributed by atoms with Crippen molar-refractivity contribution in [3.05, 3.63) is 34.7 Å². The lowest BCUT2D eigenvalue weighted by Crippen LogP contribution is -2.17. The molecule has 4 nitrogen and oxygen atoms in total. The topological polar surface area (TPSA) is 54.6 Å². The monoisotopic (exact) mass is 266 g/mol. The first-order valence-electron chi connectivity index (χ1n) is 5.69. The van der Waals surface area contributed by atoms with Crippen molar-refractivity contribution < 1.29 is 9.90 Å². The molecule has 0 fully saturated rings. The third-order valence-corrected chi connectivity index (χ3v) is 3.02. The molecule has 0 radical (unpaired) electrons. The average molecular weight is 267 g/mol. The van der Waals surface area contributed by atoms with E-state index in [0.29, 0.717) is 16.5 Å². The summed E-state index contributed by atoms with van der Waals surface area (Å²) in [4.78, 5) is 15.5. The standard InChI is InChI=1S/C13H15ClN2O2/c1-13(2,3)12-8(7-11(17)18)16-9(14)5-4-6-10(16)15-12/h4-6H,7H2,1-3H3,(H,17,18). The minimum atomic E-state index is -0.887. The highest BCUT2D eigenvalue weighted by Gasteiger charge is 2.25. The summed E-state index contributed by atoms with van der Waals surface area (Å²) in [6, 6.07) is 5.36. The summed E-state index contributed by atoms with van der Waals surface area (Å²) in [5.74, 6) is -0.887. The van der Waals surface area contributed by atoms with Crippen LogP contribution in [0.15, 0.2) is 18.2 Å². The predicted octanol–water partition coefficient (Wildman–Crippen LogP) is 2.91. The van der Waals surface area contributed by atoms with Crippen LogP contribution < -0.4 is 0 Å². The maximum Gasteiger partial charge on any atom is 0.309 e. The fraction of sp³-hybridized carbons (Fsp3) is 0.385. The number of carboxylic acid groups (broad SMARTS) is 1. The van der Waals surface area contributed by atoms with Crippen molar-refractivity contribution in [3.63, 3.8) is 0 Å². The highest BCUT2D eigenvalue weighted by Crippen LogP contribution is 2.28. The maximum atomic E-state index is 11.0. The molecule has 1 N–H and O–H groups in total. The van der Waals surface area contributed by atoms with Crippen molar-refractivity contribution in [2.45, 2.75) is 32.6 Å². The van der Waals surface area contributed by atoms with E-state index in [1.165, 1.54) is 0 Å². The van der Waals surface area contributed by atoms with Gasteiger partial charge in [0.1, 0.15) is 10.8 Å². The Morgan fingerprint density at radius 1 is 1.44 bits per heavy atom. The molecule has 0 unspecified atom stereocenters. The molecule has 0 saturated carbocycles. The van der Waals surface area contributed by atoms with E-state index in [0.717, 1.165) is 5.69 Å². The average Bonchev–Trinajstić information content (AvgIpc) is 2.57. The first-order valence-corrected chi connectivity index (χ1v) is 6.06. The Morgan fingerprint density at radius 3 is 2.67 bits per heavy atom. The summed E-state index contributed by atoms with van der Waals surface area (Å²) < 4.78 is 1.70. The fourth-order valence-electron chi connectivity index (χ4n) is 2.02. The number of hydrogen-bond donors (Lipinski definition) is 1. The molecule has 0 aliphatic rings. The highest BCUT2D eigenvalue weighted by atomic mass is 35.5. The van der Waals surface area contributed by atoms with Crippen molar-refractivity contribution >= 4 is 23.2 Å². The van der Waals surface area contributed by atoms with E-state index in [-0.39, 0.29) is 11.8 Å². The van der Waals surface area contributed by atoms with E-state index in [9.17, 15) is 4.79 Å². The number of aliphatic carboxylic acids is 1. The smallest absolute Gasteiger partial charge is 0.309 e. The molecule has 0 aromatic carbocycles. The summed E-state index contributed by atoms with van der Waals surface area (Å²) in [5.41, 5.74) is 1.89.